The molecule has 19 heavy (non-hydrogen) atoms. The third-order valence-corrected chi connectivity index (χ3v) is 3.20. The highest BCUT2D eigenvalue weighted by Gasteiger charge is 2.14. The second-order valence-corrected chi connectivity index (χ2v) is 4.52. The Balaban J connectivity index is 2.06. The van der Waals surface area contributed by atoms with E-state index in [0.717, 1.165) is 25.2 Å². The van der Waals surface area contributed by atoms with Crippen molar-refractivity contribution in [1.29, 1.82) is 5.26 Å². The van der Waals surface area contributed by atoms with E-state index in [0.29, 0.717) is 24.3 Å². The van der Waals surface area contributed by atoms with Gasteiger partial charge >= 0.3 is 0 Å². The topological polar surface area (TPSA) is 65.4 Å². The van der Waals surface area contributed by atoms with Crippen molar-refractivity contribution in [3.8, 4) is 11.8 Å². The number of nitrogens with zero attached hydrogens (tertiary/aromatic N) is 2. The van der Waals surface area contributed by atoms with Crippen LogP contribution in [0.2, 0.25) is 0 Å². The first-order valence-corrected chi connectivity index (χ1v) is 6.29. The molecule has 100 valence electrons. The van der Waals surface area contributed by atoms with Gasteiger partial charge in [-0.25, -0.2) is 0 Å². The summed E-state index contributed by atoms with van der Waals surface area (Å²) in [5.74, 6) is 0.712. The molecule has 0 spiro atoms. The van der Waals surface area contributed by atoms with Gasteiger partial charge in [0.1, 0.15) is 11.8 Å². The lowest BCUT2D eigenvalue weighted by Crippen LogP contribution is -2.28. The molecule has 0 atom stereocenters. The number of amides is 1. The zero-order valence-electron chi connectivity index (χ0n) is 11.0. The number of rotatable bonds is 3. The van der Waals surface area contributed by atoms with Crippen LogP contribution in [0.1, 0.15) is 17.5 Å². The second-order valence-electron chi connectivity index (χ2n) is 4.52. The SMILES string of the molecule is COc1cc(CN2CCNC(=O)CC2)ccc1C#N. The molecule has 0 aliphatic carbocycles. The molecule has 1 amide bonds. The summed E-state index contributed by atoms with van der Waals surface area (Å²) in [6.45, 7) is 3.05. The second kappa shape index (κ2) is 6.21. The van der Waals surface area contributed by atoms with Gasteiger partial charge < -0.3 is 10.1 Å². The average molecular weight is 259 g/mol. The van der Waals surface area contributed by atoms with Crippen molar-refractivity contribution in [2.45, 2.75) is 13.0 Å². The molecule has 1 aliphatic heterocycles. The Kier molecular flexibility index (Phi) is 4.37. The van der Waals surface area contributed by atoms with E-state index in [1.54, 1.807) is 13.2 Å². The van der Waals surface area contributed by atoms with Crippen molar-refractivity contribution in [2.75, 3.05) is 26.7 Å². The van der Waals surface area contributed by atoms with E-state index in [1.807, 2.05) is 12.1 Å². The fourth-order valence-corrected chi connectivity index (χ4v) is 2.16. The molecule has 1 fully saturated rings. The molecule has 1 aliphatic rings. The summed E-state index contributed by atoms with van der Waals surface area (Å²) < 4.78 is 5.20. The zero-order chi connectivity index (χ0) is 13.7. The summed E-state index contributed by atoms with van der Waals surface area (Å²) in [6, 6.07) is 7.69. The molecule has 0 saturated carbocycles. The Hall–Kier alpha value is -2.06. The minimum atomic E-state index is 0.111. The van der Waals surface area contributed by atoms with Gasteiger partial charge in [0, 0.05) is 32.6 Å². The molecule has 0 radical (unpaired) electrons. The zero-order valence-corrected chi connectivity index (χ0v) is 11.0. The van der Waals surface area contributed by atoms with Crippen LogP contribution >= 0.6 is 0 Å². The minimum Gasteiger partial charge on any atom is -0.495 e. The maximum Gasteiger partial charge on any atom is 0.221 e. The van der Waals surface area contributed by atoms with Crippen LogP contribution in [-0.4, -0.2) is 37.6 Å². The molecule has 1 heterocycles. The molecule has 2 rings (SSSR count). The average Bonchev–Trinajstić information content (AvgIpc) is 2.63. The molecular weight excluding hydrogens is 242 g/mol. The number of ether oxygens (including phenoxy) is 1. The summed E-state index contributed by atoms with van der Waals surface area (Å²) in [5, 5.41) is 11.8. The van der Waals surface area contributed by atoms with Gasteiger partial charge in [-0.1, -0.05) is 6.07 Å². The fourth-order valence-electron chi connectivity index (χ4n) is 2.16. The van der Waals surface area contributed by atoms with E-state index in [2.05, 4.69) is 16.3 Å². The van der Waals surface area contributed by atoms with E-state index < -0.39 is 0 Å². The van der Waals surface area contributed by atoms with E-state index >= 15 is 0 Å². The van der Waals surface area contributed by atoms with Crippen molar-refractivity contribution < 1.29 is 9.53 Å². The van der Waals surface area contributed by atoms with Crippen molar-refractivity contribution >= 4 is 5.91 Å². The van der Waals surface area contributed by atoms with Crippen molar-refractivity contribution in [2.24, 2.45) is 0 Å². The third kappa shape index (κ3) is 3.46. The van der Waals surface area contributed by atoms with Gasteiger partial charge in [-0.3, -0.25) is 9.69 Å². The molecule has 5 heteroatoms. The van der Waals surface area contributed by atoms with Gasteiger partial charge in [-0.2, -0.15) is 5.26 Å². The first kappa shape index (κ1) is 13.4. The molecule has 1 N–H and O–H groups in total. The highest BCUT2D eigenvalue weighted by Crippen LogP contribution is 2.20. The molecule has 0 bridgehead atoms. The summed E-state index contributed by atoms with van der Waals surface area (Å²) >= 11 is 0. The predicted octanol–water partition coefficient (Wildman–Crippen LogP) is 0.889. The Labute approximate surface area is 112 Å². The Morgan fingerprint density at radius 3 is 3.05 bits per heavy atom. The number of nitriles is 1. The smallest absolute Gasteiger partial charge is 0.221 e. The van der Waals surface area contributed by atoms with Gasteiger partial charge in [0.05, 0.1) is 12.7 Å². The standard InChI is InChI=1S/C14H17N3O2/c1-19-13-8-11(2-3-12(13)9-15)10-17-6-4-14(18)16-5-7-17/h2-3,8H,4-7,10H2,1H3,(H,16,18). The van der Waals surface area contributed by atoms with Crippen LogP contribution in [0.5, 0.6) is 5.75 Å². The molecular formula is C14H17N3O2. The summed E-state index contributed by atoms with van der Waals surface area (Å²) in [6.07, 6.45) is 0.535. The van der Waals surface area contributed by atoms with E-state index in [-0.39, 0.29) is 5.91 Å². The summed E-state index contributed by atoms with van der Waals surface area (Å²) in [7, 11) is 1.56. The molecule has 0 unspecified atom stereocenters. The number of carbonyl (C=O) groups is 1. The molecule has 0 aromatic heterocycles. The maximum absolute atomic E-state index is 11.3. The number of benzene rings is 1. The third-order valence-electron chi connectivity index (χ3n) is 3.20. The fraction of sp³-hybridized carbons (Fsp3) is 0.429. The minimum absolute atomic E-state index is 0.111. The lowest BCUT2D eigenvalue weighted by Gasteiger charge is -2.19. The number of methoxy groups -OCH3 is 1. The summed E-state index contributed by atoms with van der Waals surface area (Å²) in [4.78, 5) is 13.5. The Morgan fingerprint density at radius 2 is 2.32 bits per heavy atom. The van der Waals surface area contributed by atoms with Gasteiger partial charge in [0.25, 0.3) is 0 Å². The van der Waals surface area contributed by atoms with Gasteiger partial charge in [-0.05, 0) is 17.7 Å². The molecule has 1 aromatic carbocycles. The highest BCUT2D eigenvalue weighted by molar-refractivity contribution is 5.76. The number of nitrogens with one attached hydrogen (secondary N) is 1. The highest BCUT2D eigenvalue weighted by atomic mass is 16.5. The van der Waals surface area contributed by atoms with Crippen LogP contribution < -0.4 is 10.1 Å². The Bertz CT molecular complexity index is 508. The van der Waals surface area contributed by atoms with Gasteiger partial charge in [-0.15, -0.1) is 0 Å². The largest absolute Gasteiger partial charge is 0.495 e. The molecule has 5 nitrogen and oxygen atoms in total. The summed E-state index contributed by atoms with van der Waals surface area (Å²) in [5.41, 5.74) is 1.63. The first-order chi connectivity index (χ1) is 9.22. The van der Waals surface area contributed by atoms with E-state index in [4.69, 9.17) is 10.00 Å². The van der Waals surface area contributed by atoms with Crippen molar-refractivity contribution in [3.63, 3.8) is 0 Å². The lowest BCUT2D eigenvalue weighted by molar-refractivity contribution is -0.120. The van der Waals surface area contributed by atoms with Gasteiger partial charge in [0.15, 0.2) is 0 Å². The van der Waals surface area contributed by atoms with Crippen molar-refractivity contribution in [3.05, 3.63) is 29.3 Å². The van der Waals surface area contributed by atoms with Crippen LogP contribution in [0.3, 0.4) is 0 Å². The maximum atomic E-state index is 11.3. The van der Waals surface area contributed by atoms with Crippen molar-refractivity contribution in [1.82, 2.24) is 10.2 Å². The quantitative estimate of drug-likeness (QED) is 0.875. The van der Waals surface area contributed by atoms with Gasteiger partial charge in [0.2, 0.25) is 5.91 Å². The normalized spacial score (nSPS) is 16.3. The Morgan fingerprint density at radius 1 is 1.47 bits per heavy atom. The first-order valence-electron chi connectivity index (χ1n) is 6.29. The number of hydrogen-bond acceptors (Lipinski definition) is 4. The van der Waals surface area contributed by atoms with Crippen LogP contribution in [0, 0.1) is 11.3 Å². The van der Waals surface area contributed by atoms with Crippen LogP contribution in [-0.2, 0) is 11.3 Å². The van der Waals surface area contributed by atoms with Crippen LogP contribution in [0.25, 0.3) is 0 Å². The number of hydrogen-bond donors (Lipinski definition) is 1. The molecule has 1 saturated heterocycles. The van der Waals surface area contributed by atoms with E-state index in [9.17, 15) is 4.79 Å². The lowest BCUT2D eigenvalue weighted by atomic mass is 10.1. The van der Waals surface area contributed by atoms with Crippen LogP contribution in [0.4, 0.5) is 0 Å². The van der Waals surface area contributed by atoms with Crippen LogP contribution in [0.15, 0.2) is 18.2 Å². The predicted molar refractivity (Wildman–Crippen MR) is 70.6 cm³/mol. The monoisotopic (exact) mass is 259 g/mol. The van der Waals surface area contributed by atoms with E-state index in [1.165, 1.54) is 0 Å². The number of carbonyl (C=O) groups excluding carboxylic acids is 1. The molecule has 1 aromatic rings.